The molecule has 0 radical (unpaired) electrons. The molecule has 0 aliphatic carbocycles. The molecule has 3 atom stereocenters. The van der Waals surface area contributed by atoms with Gasteiger partial charge in [-0.25, -0.2) is 0 Å². The van der Waals surface area contributed by atoms with Crippen LogP contribution in [0.3, 0.4) is 0 Å². The topological polar surface area (TPSA) is 32.3 Å². The van der Waals surface area contributed by atoms with E-state index in [1.807, 2.05) is 0 Å². The highest BCUT2D eigenvalue weighted by Gasteiger charge is 2.44. The molecule has 0 saturated carbocycles. The summed E-state index contributed by atoms with van der Waals surface area (Å²) in [6.45, 7) is 11.0. The fraction of sp³-hybridized carbons (Fsp3) is 0.929. The van der Waals surface area contributed by atoms with Crippen LogP contribution in [-0.2, 0) is 4.79 Å². The second-order valence-electron chi connectivity index (χ2n) is 6.25. The molecular weight excluding hydrogens is 212 g/mol. The molecule has 1 amide bonds. The second-order valence-corrected chi connectivity index (χ2v) is 6.25. The Kier molecular flexibility index (Phi) is 3.76. The number of amides is 1. The molecule has 2 rings (SSSR count). The van der Waals surface area contributed by atoms with Crippen molar-refractivity contribution >= 4 is 5.91 Å². The Morgan fingerprint density at radius 3 is 2.76 bits per heavy atom. The first-order valence-electron chi connectivity index (χ1n) is 7.06. The molecule has 3 nitrogen and oxygen atoms in total. The standard InChI is InChI=1S/C14H26N2O/c1-4-16-6-5-14(8-12(3)10-16)7-11(2)9-15-13(14)17/h11-12H,4-10H2,1-3H3,(H,15,17). The minimum absolute atomic E-state index is 0.0684. The van der Waals surface area contributed by atoms with Gasteiger partial charge in [0.25, 0.3) is 0 Å². The fourth-order valence-corrected chi connectivity index (χ4v) is 3.70. The quantitative estimate of drug-likeness (QED) is 0.756. The van der Waals surface area contributed by atoms with Crippen LogP contribution in [0.2, 0.25) is 0 Å². The predicted molar refractivity (Wildman–Crippen MR) is 69.7 cm³/mol. The van der Waals surface area contributed by atoms with Gasteiger partial charge in [-0.15, -0.1) is 0 Å². The van der Waals surface area contributed by atoms with Crippen LogP contribution >= 0.6 is 0 Å². The molecule has 1 spiro atoms. The smallest absolute Gasteiger partial charge is 0.226 e. The maximum absolute atomic E-state index is 12.3. The van der Waals surface area contributed by atoms with Gasteiger partial charge in [0.15, 0.2) is 0 Å². The number of hydrogen-bond acceptors (Lipinski definition) is 2. The van der Waals surface area contributed by atoms with Crippen LogP contribution in [0, 0.1) is 17.3 Å². The van der Waals surface area contributed by atoms with Gasteiger partial charge in [0, 0.05) is 13.1 Å². The lowest BCUT2D eigenvalue weighted by Crippen LogP contribution is -2.49. The average Bonchev–Trinajstić information content (AvgIpc) is 2.44. The number of hydrogen-bond donors (Lipinski definition) is 1. The largest absolute Gasteiger partial charge is 0.355 e. The number of likely N-dealkylation sites (tertiary alicyclic amines) is 1. The van der Waals surface area contributed by atoms with Crippen LogP contribution in [0.5, 0.6) is 0 Å². The summed E-state index contributed by atoms with van der Waals surface area (Å²) in [5, 5.41) is 3.12. The summed E-state index contributed by atoms with van der Waals surface area (Å²) in [7, 11) is 0. The number of carbonyl (C=O) groups excluding carboxylic acids is 1. The number of piperidine rings is 1. The average molecular weight is 238 g/mol. The molecule has 1 N–H and O–H groups in total. The zero-order valence-corrected chi connectivity index (χ0v) is 11.5. The van der Waals surface area contributed by atoms with Gasteiger partial charge in [0.1, 0.15) is 0 Å². The van der Waals surface area contributed by atoms with Crippen molar-refractivity contribution in [2.45, 2.75) is 40.0 Å². The van der Waals surface area contributed by atoms with Gasteiger partial charge in [-0.05, 0) is 44.2 Å². The molecule has 3 heteroatoms. The molecule has 2 aliphatic heterocycles. The molecule has 2 heterocycles. The molecule has 0 aromatic heterocycles. The van der Waals surface area contributed by atoms with E-state index in [4.69, 9.17) is 0 Å². The zero-order valence-electron chi connectivity index (χ0n) is 11.5. The van der Waals surface area contributed by atoms with Gasteiger partial charge < -0.3 is 10.2 Å². The molecule has 98 valence electrons. The van der Waals surface area contributed by atoms with Crippen molar-refractivity contribution in [3.63, 3.8) is 0 Å². The first kappa shape index (κ1) is 12.9. The van der Waals surface area contributed by atoms with E-state index in [-0.39, 0.29) is 5.41 Å². The van der Waals surface area contributed by atoms with Crippen molar-refractivity contribution in [2.24, 2.45) is 17.3 Å². The summed E-state index contributed by atoms with van der Waals surface area (Å²) >= 11 is 0. The highest BCUT2D eigenvalue weighted by molar-refractivity contribution is 5.83. The first-order chi connectivity index (χ1) is 8.05. The van der Waals surface area contributed by atoms with Crippen LogP contribution in [0.4, 0.5) is 0 Å². The van der Waals surface area contributed by atoms with Crippen LogP contribution < -0.4 is 5.32 Å². The maximum atomic E-state index is 12.3. The summed E-state index contributed by atoms with van der Waals surface area (Å²) in [6, 6.07) is 0. The van der Waals surface area contributed by atoms with Gasteiger partial charge in [-0.3, -0.25) is 4.79 Å². The van der Waals surface area contributed by atoms with Crippen molar-refractivity contribution in [3.8, 4) is 0 Å². The van der Waals surface area contributed by atoms with E-state index in [2.05, 4.69) is 31.0 Å². The molecule has 3 unspecified atom stereocenters. The van der Waals surface area contributed by atoms with Gasteiger partial charge in [-0.2, -0.15) is 0 Å². The van der Waals surface area contributed by atoms with Gasteiger partial charge >= 0.3 is 0 Å². The maximum Gasteiger partial charge on any atom is 0.226 e. The second kappa shape index (κ2) is 4.97. The highest BCUT2D eigenvalue weighted by atomic mass is 16.2. The molecule has 2 saturated heterocycles. The van der Waals surface area contributed by atoms with Gasteiger partial charge in [0.05, 0.1) is 5.41 Å². The minimum Gasteiger partial charge on any atom is -0.355 e. The van der Waals surface area contributed by atoms with Crippen LogP contribution in [0.1, 0.15) is 40.0 Å². The van der Waals surface area contributed by atoms with Crippen molar-refractivity contribution in [1.82, 2.24) is 10.2 Å². The predicted octanol–water partition coefficient (Wildman–Crippen LogP) is 1.88. The van der Waals surface area contributed by atoms with Crippen molar-refractivity contribution in [3.05, 3.63) is 0 Å². The van der Waals surface area contributed by atoms with Gasteiger partial charge in [0.2, 0.25) is 5.91 Å². The molecule has 0 bridgehead atoms. The lowest BCUT2D eigenvalue weighted by Gasteiger charge is -2.39. The Balaban J connectivity index is 2.15. The van der Waals surface area contributed by atoms with E-state index >= 15 is 0 Å². The van der Waals surface area contributed by atoms with Crippen LogP contribution in [-0.4, -0.2) is 37.0 Å². The molecular formula is C14H26N2O. The van der Waals surface area contributed by atoms with Crippen molar-refractivity contribution < 1.29 is 4.79 Å². The van der Waals surface area contributed by atoms with Crippen LogP contribution in [0.25, 0.3) is 0 Å². The molecule has 0 aromatic carbocycles. The lowest BCUT2D eigenvalue weighted by molar-refractivity contribution is -0.136. The van der Waals surface area contributed by atoms with E-state index in [0.717, 1.165) is 45.4 Å². The third-order valence-electron chi connectivity index (χ3n) is 4.49. The number of rotatable bonds is 1. The van der Waals surface area contributed by atoms with Crippen molar-refractivity contribution in [1.29, 1.82) is 0 Å². The third-order valence-corrected chi connectivity index (χ3v) is 4.49. The lowest BCUT2D eigenvalue weighted by atomic mass is 9.69. The Morgan fingerprint density at radius 1 is 1.35 bits per heavy atom. The number of carbonyl (C=O) groups is 1. The molecule has 0 aromatic rings. The Hall–Kier alpha value is -0.570. The number of nitrogens with one attached hydrogen (secondary N) is 1. The molecule has 2 fully saturated rings. The van der Waals surface area contributed by atoms with E-state index in [9.17, 15) is 4.79 Å². The van der Waals surface area contributed by atoms with Crippen LogP contribution in [0.15, 0.2) is 0 Å². The van der Waals surface area contributed by atoms with E-state index in [0.29, 0.717) is 17.7 Å². The Morgan fingerprint density at radius 2 is 2.06 bits per heavy atom. The Bertz CT molecular complexity index is 292. The monoisotopic (exact) mass is 238 g/mol. The third kappa shape index (κ3) is 2.65. The summed E-state index contributed by atoms with van der Waals surface area (Å²) in [5.41, 5.74) is -0.0684. The first-order valence-corrected chi connectivity index (χ1v) is 7.06. The zero-order chi connectivity index (χ0) is 12.5. The Labute approximate surface area is 105 Å². The summed E-state index contributed by atoms with van der Waals surface area (Å²) in [4.78, 5) is 14.8. The summed E-state index contributed by atoms with van der Waals surface area (Å²) < 4.78 is 0. The molecule has 2 aliphatic rings. The minimum atomic E-state index is -0.0684. The van der Waals surface area contributed by atoms with Gasteiger partial charge in [-0.1, -0.05) is 20.8 Å². The normalized spacial score (nSPS) is 40.1. The summed E-state index contributed by atoms with van der Waals surface area (Å²) in [5.74, 6) is 1.59. The SMILES string of the molecule is CCN1CCC2(CC(C)CNC2=O)CC(C)C1. The van der Waals surface area contributed by atoms with Crippen molar-refractivity contribution in [2.75, 3.05) is 26.2 Å². The van der Waals surface area contributed by atoms with E-state index < -0.39 is 0 Å². The van der Waals surface area contributed by atoms with E-state index in [1.165, 1.54) is 0 Å². The highest BCUT2D eigenvalue weighted by Crippen LogP contribution is 2.41. The van der Waals surface area contributed by atoms with E-state index in [1.54, 1.807) is 0 Å². The molecule has 17 heavy (non-hydrogen) atoms. The summed E-state index contributed by atoms with van der Waals surface area (Å²) in [6.07, 6.45) is 3.20. The number of nitrogens with zero attached hydrogens (tertiary/aromatic N) is 1. The fourth-order valence-electron chi connectivity index (χ4n) is 3.70.